The molecule has 196 valence electrons. The molecule has 0 aromatic rings. The molecular weight excluding hydrogens is 472 g/mol. The number of rotatable bonds is 7. The lowest BCUT2D eigenvalue weighted by Crippen LogP contribution is -2.60. The Morgan fingerprint density at radius 3 is 2.51 bits per heavy atom. The third-order valence-corrected chi connectivity index (χ3v) is 11.0. The zero-order chi connectivity index (χ0) is 25.8. The summed E-state index contributed by atoms with van der Waals surface area (Å²) in [6.07, 6.45) is 4.88. The van der Waals surface area contributed by atoms with Gasteiger partial charge < -0.3 is 4.74 Å². The molecule has 4 saturated carbocycles. The molecule has 0 spiro atoms. The van der Waals surface area contributed by atoms with Crippen LogP contribution in [0.25, 0.3) is 0 Å². The first-order chi connectivity index (χ1) is 16.3. The maximum Gasteiger partial charge on any atom is 0.305 e. The number of hydrogen-bond acceptors (Lipinski definition) is 7. The number of fused-ring (bicyclic) bond motifs is 5. The highest BCUT2D eigenvalue weighted by Crippen LogP contribution is 2.66. The van der Waals surface area contributed by atoms with Crippen molar-refractivity contribution in [2.24, 2.45) is 46.3 Å². The Balaban J connectivity index is 1.45. The number of Topliss-reactive ketones (excluding diaryl/α,β-unsaturated/α-hetero) is 3. The van der Waals surface area contributed by atoms with Crippen LogP contribution in [-0.2, 0) is 34.0 Å². The van der Waals surface area contributed by atoms with Gasteiger partial charge in [0.05, 0.1) is 0 Å². The summed E-state index contributed by atoms with van der Waals surface area (Å²) in [4.78, 5) is 51.4. The van der Waals surface area contributed by atoms with E-state index in [0.29, 0.717) is 32.1 Å². The van der Waals surface area contributed by atoms with Crippen LogP contribution < -0.4 is 0 Å². The Morgan fingerprint density at radius 1 is 1.11 bits per heavy atom. The van der Waals surface area contributed by atoms with Crippen molar-refractivity contribution in [1.82, 2.24) is 0 Å². The molecule has 0 heterocycles. The Kier molecular flexibility index (Phi) is 7.07. The zero-order valence-corrected chi connectivity index (χ0v) is 21.8. The molecule has 8 nitrogen and oxygen atoms in total. The summed E-state index contributed by atoms with van der Waals surface area (Å²) in [5.74, 6) is -0.396. The normalized spacial score (nSPS) is 40.0. The Bertz CT molecular complexity index is 1020. The van der Waals surface area contributed by atoms with Crippen LogP contribution >= 0.6 is 0 Å². The highest BCUT2D eigenvalue weighted by Gasteiger charge is 2.66. The van der Waals surface area contributed by atoms with E-state index >= 15 is 0 Å². The number of carbonyl (C=O) groups excluding carboxylic acids is 4. The molecule has 4 rings (SSSR count). The molecule has 35 heavy (non-hydrogen) atoms. The van der Waals surface area contributed by atoms with Crippen molar-refractivity contribution in [2.75, 3.05) is 12.4 Å². The second-order valence-electron chi connectivity index (χ2n) is 12.0. The van der Waals surface area contributed by atoms with Gasteiger partial charge in [-0.15, -0.1) is 0 Å². The average molecular weight is 511 g/mol. The minimum absolute atomic E-state index is 0.00538. The van der Waals surface area contributed by atoms with Gasteiger partial charge in [-0.05, 0) is 60.7 Å². The fourth-order valence-corrected chi connectivity index (χ4v) is 8.56. The van der Waals surface area contributed by atoms with E-state index in [0.717, 1.165) is 19.3 Å². The summed E-state index contributed by atoms with van der Waals surface area (Å²) in [5.41, 5.74) is -0.738. The van der Waals surface area contributed by atoms with E-state index in [4.69, 9.17) is 9.29 Å². The first-order valence-corrected chi connectivity index (χ1v) is 14.6. The van der Waals surface area contributed by atoms with Gasteiger partial charge in [0.15, 0.2) is 0 Å². The van der Waals surface area contributed by atoms with E-state index in [1.54, 1.807) is 0 Å². The van der Waals surface area contributed by atoms with Crippen LogP contribution in [0.5, 0.6) is 0 Å². The van der Waals surface area contributed by atoms with Gasteiger partial charge in [-0.2, -0.15) is 8.42 Å². The molecule has 1 N–H and O–H groups in total. The van der Waals surface area contributed by atoms with Crippen LogP contribution in [0.3, 0.4) is 0 Å². The van der Waals surface area contributed by atoms with Crippen LogP contribution in [0.4, 0.5) is 0 Å². The highest BCUT2D eigenvalue weighted by atomic mass is 32.2. The lowest BCUT2D eigenvalue weighted by Gasteiger charge is -2.58. The minimum Gasteiger partial charge on any atom is -0.464 e. The average Bonchev–Trinajstić information content (AvgIpc) is 3.12. The molecule has 0 bridgehead atoms. The van der Waals surface area contributed by atoms with Gasteiger partial charge in [-0.1, -0.05) is 20.8 Å². The first kappa shape index (κ1) is 26.5. The molecule has 0 amide bonds. The van der Waals surface area contributed by atoms with E-state index in [2.05, 4.69) is 6.92 Å². The van der Waals surface area contributed by atoms with Crippen molar-refractivity contribution in [2.45, 2.75) is 78.6 Å². The van der Waals surface area contributed by atoms with Crippen molar-refractivity contribution in [3.8, 4) is 0 Å². The van der Waals surface area contributed by atoms with Crippen LogP contribution in [-0.4, -0.2) is 48.6 Å². The fourth-order valence-electron chi connectivity index (χ4n) is 8.27. The lowest BCUT2D eigenvalue weighted by atomic mass is 9.44. The molecule has 0 aromatic carbocycles. The number of hydrogen-bond donors (Lipinski definition) is 1. The Labute approximate surface area is 207 Å². The third kappa shape index (κ3) is 4.75. The summed E-state index contributed by atoms with van der Waals surface area (Å²) < 4.78 is 35.2. The van der Waals surface area contributed by atoms with Crippen LogP contribution in [0.15, 0.2) is 0 Å². The van der Waals surface area contributed by atoms with E-state index in [1.807, 2.05) is 13.8 Å². The topological polar surface area (TPSA) is 132 Å². The number of ether oxygens (including phenoxy) is 1. The van der Waals surface area contributed by atoms with Gasteiger partial charge in [0.1, 0.15) is 29.7 Å². The molecule has 8 atom stereocenters. The Morgan fingerprint density at radius 2 is 1.83 bits per heavy atom. The van der Waals surface area contributed by atoms with Gasteiger partial charge in [0, 0.05) is 43.4 Å². The van der Waals surface area contributed by atoms with Crippen LogP contribution in [0.1, 0.15) is 78.6 Å². The number of carbonyl (C=O) groups is 4. The maximum absolute atomic E-state index is 13.8. The lowest BCUT2D eigenvalue weighted by molar-refractivity contribution is -0.166. The smallest absolute Gasteiger partial charge is 0.305 e. The summed E-state index contributed by atoms with van der Waals surface area (Å²) >= 11 is 0. The largest absolute Gasteiger partial charge is 0.464 e. The van der Waals surface area contributed by atoms with Gasteiger partial charge in [-0.3, -0.25) is 23.7 Å². The van der Waals surface area contributed by atoms with Crippen molar-refractivity contribution < 1.29 is 36.9 Å². The monoisotopic (exact) mass is 510 g/mol. The first-order valence-electron chi connectivity index (χ1n) is 13.0. The predicted octanol–water partition coefficient (Wildman–Crippen LogP) is 3.42. The van der Waals surface area contributed by atoms with Gasteiger partial charge >= 0.3 is 5.97 Å². The Hall–Kier alpha value is -1.61. The van der Waals surface area contributed by atoms with Crippen molar-refractivity contribution in [3.63, 3.8) is 0 Å². The van der Waals surface area contributed by atoms with E-state index in [9.17, 15) is 27.6 Å². The standard InChI is InChI=1S/C26H38O8S/c1-15(4-7-23(30)34-10-11-35(31,32)33)18-5-6-19-24-20(14-22(29)26(18,19)3)25(2)9-8-17(27)12-16(25)13-21(24)28/h15-16,18-20,24H,4-14H2,1-3H3,(H,31,32,33)/t15-,16+,18-,19+,20+,24?,25+,26?/m1/s1. The summed E-state index contributed by atoms with van der Waals surface area (Å²) in [7, 11) is -4.18. The molecule has 2 unspecified atom stereocenters. The SMILES string of the molecule is C[C@H](CCC(=O)OCCS(=O)(=O)O)[C@H]1CC[C@H]2C3C(=O)C[C@@H]4CC(=O)CC[C@]4(C)[C@H]3CC(=O)C12C. The van der Waals surface area contributed by atoms with Crippen LogP contribution in [0.2, 0.25) is 0 Å². The molecule has 0 radical (unpaired) electrons. The van der Waals surface area contributed by atoms with Crippen molar-refractivity contribution in [3.05, 3.63) is 0 Å². The fraction of sp³-hybridized carbons (Fsp3) is 0.846. The van der Waals surface area contributed by atoms with Crippen molar-refractivity contribution in [1.29, 1.82) is 0 Å². The molecule has 0 saturated heterocycles. The molecule has 9 heteroatoms. The maximum atomic E-state index is 13.8. The summed E-state index contributed by atoms with van der Waals surface area (Å²) in [6.45, 7) is 5.88. The van der Waals surface area contributed by atoms with E-state index < -0.39 is 27.3 Å². The zero-order valence-electron chi connectivity index (χ0n) is 21.0. The molecule has 4 fully saturated rings. The number of esters is 1. The summed E-state index contributed by atoms with van der Waals surface area (Å²) in [5, 5.41) is 0. The predicted molar refractivity (Wildman–Crippen MR) is 127 cm³/mol. The molecule has 4 aliphatic rings. The third-order valence-electron chi connectivity index (χ3n) is 10.3. The molecular formula is C26H38O8S. The number of ketones is 3. The molecule has 0 aliphatic heterocycles. The second kappa shape index (κ2) is 9.36. The molecule has 0 aromatic heterocycles. The van der Waals surface area contributed by atoms with Crippen LogP contribution in [0, 0.1) is 46.3 Å². The molecule has 4 aliphatic carbocycles. The van der Waals surface area contributed by atoms with E-state index in [-0.39, 0.29) is 71.3 Å². The highest BCUT2D eigenvalue weighted by molar-refractivity contribution is 7.85. The van der Waals surface area contributed by atoms with Crippen molar-refractivity contribution >= 4 is 33.4 Å². The quantitative estimate of drug-likeness (QED) is 0.407. The second-order valence-corrected chi connectivity index (χ2v) is 13.5. The summed E-state index contributed by atoms with van der Waals surface area (Å²) in [6, 6.07) is 0. The minimum atomic E-state index is -4.18. The van der Waals surface area contributed by atoms with Gasteiger partial charge in [0.2, 0.25) is 0 Å². The van der Waals surface area contributed by atoms with Gasteiger partial charge in [0.25, 0.3) is 10.1 Å². The van der Waals surface area contributed by atoms with E-state index in [1.165, 1.54) is 0 Å². The van der Waals surface area contributed by atoms with Gasteiger partial charge in [-0.25, -0.2) is 0 Å².